The van der Waals surface area contributed by atoms with Crippen molar-refractivity contribution in [1.29, 1.82) is 0 Å². The third kappa shape index (κ3) is 2.98. The van der Waals surface area contributed by atoms with Gasteiger partial charge in [0.05, 0.1) is 0 Å². The molecule has 1 saturated carbocycles. The second kappa shape index (κ2) is 5.03. The van der Waals surface area contributed by atoms with Crippen LogP contribution in [-0.4, -0.2) is 16.7 Å². The molecule has 1 fully saturated rings. The fraction of sp³-hybridized carbons (Fsp3) is 0.818. The highest BCUT2D eigenvalue weighted by Gasteiger charge is 2.23. The maximum Gasteiger partial charge on any atom is 0.131 e. The molecule has 1 N–H and O–H groups in total. The number of hydrogen-bond donors (Lipinski definition) is 1. The van der Waals surface area contributed by atoms with Gasteiger partial charge in [-0.3, -0.25) is 0 Å². The average Bonchev–Trinajstić information content (AvgIpc) is 2.49. The molecule has 0 spiro atoms. The zero-order valence-electron chi connectivity index (χ0n) is 9.49. The summed E-state index contributed by atoms with van der Waals surface area (Å²) in [6, 6.07) is 0. The minimum absolute atomic E-state index is 0.698. The number of nitrogens with one attached hydrogen (secondary N) is 1. The highest BCUT2D eigenvalue weighted by Crippen LogP contribution is 2.37. The second-order valence-corrected chi connectivity index (χ2v) is 5.78. The topological polar surface area (TPSA) is 37.8 Å². The highest BCUT2D eigenvalue weighted by molar-refractivity contribution is 7.11. The summed E-state index contributed by atoms with van der Waals surface area (Å²) >= 11 is 1.78. The SMILES string of the molecule is CC(C)CNCc1nnc(C2CCC2)s1. The Morgan fingerprint density at radius 1 is 1.40 bits per heavy atom. The average molecular weight is 225 g/mol. The predicted octanol–water partition coefficient (Wildman–Crippen LogP) is 2.55. The minimum Gasteiger partial charge on any atom is -0.310 e. The predicted molar refractivity (Wildman–Crippen MR) is 63.0 cm³/mol. The summed E-state index contributed by atoms with van der Waals surface area (Å²) in [5, 5.41) is 14.3. The first kappa shape index (κ1) is 11.0. The molecule has 84 valence electrons. The number of nitrogens with zero attached hydrogens (tertiary/aromatic N) is 2. The van der Waals surface area contributed by atoms with Gasteiger partial charge in [0, 0.05) is 12.5 Å². The molecule has 0 atom stereocenters. The van der Waals surface area contributed by atoms with E-state index in [-0.39, 0.29) is 0 Å². The lowest BCUT2D eigenvalue weighted by Gasteiger charge is -2.21. The second-order valence-electron chi connectivity index (χ2n) is 4.69. The van der Waals surface area contributed by atoms with Crippen LogP contribution in [0.2, 0.25) is 0 Å². The van der Waals surface area contributed by atoms with Gasteiger partial charge < -0.3 is 5.32 Å². The van der Waals surface area contributed by atoms with Crippen LogP contribution in [0.1, 0.15) is 49.0 Å². The Morgan fingerprint density at radius 3 is 2.80 bits per heavy atom. The molecule has 3 nitrogen and oxygen atoms in total. The van der Waals surface area contributed by atoms with E-state index in [0.29, 0.717) is 5.92 Å². The number of hydrogen-bond acceptors (Lipinski definition) is 4. The van der Waals surface area contributed by atoms with Gasteiger partial charge in [-0.15, -0.1) is 10.2 Å². The summed E-state index contributed by atoms with van der Waals surface area (Å²) in [6.45, 7) is 6.36. The van der Waals surface area contributed by atoms with Gasteiger partial charge in [-0.2, -0.15) is 0 Å². The van der Waals surface area contributed by atoms with Crippen molar-refractivity contribution in [3.63, 3.8) is 0 Å². The van der Waals surface area contributed by atoms with Crippen molar-refractivity contribution >= 4 is 11.3 Å². The van der Waals surface area contributed by atoms with E-state index in [2.05, 4.69) is 29.4 Å². The Kier molecular flexibility index (Phi) is 3.70. The first-order valence-corrected chi connectivity index (χ1v) is 6.60. The Labute approximate surface area is 95.3 Å². The van der Waals surface area contributed by atoms with E-state index >= 15 is 0 Å². The van der Waals surface area contributed by atoms with Gasteiger partial charge in [0.25, 0.3) is 0 Å². The summed E-state index contributed by atoms with van der Waals surface area (Å²) in [5.74, 6) is 1.42. The maximum atomic E-state index is 4.26. The molecular formula is C11H19N3S. The van der Waals surface area contributed by atoms with E-state index in [1.807, 2.05) is 0 Å². The standard InChI is InChI=1S/C11H19N3S/c1-8(2)6-12-7-10-13-14-11(15-10)9-4-3-5-9/h8-9,12H,3-7H2,1-2H3. The third-order valence-corrected chi connectivity index (χ3v) is 3.85. The summed E-state index contributed by atoms with van der Waals surface area (Å²) in [6.07, 6.45) is 3.99. The zero-order valence-corrected chi connectivity index (χ0v) is 10.3. The summed E-state index contributed by atoms with van der Waals surface area (Å²) in [5.41, 5.74) is 0. The van der Waals surface area contributed by atoms with Crippen LogP contribution >= 0.6 is 11.3 Å². The van der Waals surface area contributed by atoms with Crippen LogP contribution in [0.15, 0.2) is 0 Å². The zero-order chi connectivity index (χ0) is 10.7. The lowest BCUT2D eigenvalue weighted by molar-refractivity contribution is 0.416. The molecule has 1 aliphatic rings. The van der Waals surface area contributed by atoms with E-state index in [0.717, 1.165) is 24.0 Å². The van der Waals surface area contributed by atoms with Crippen molar-refractivity contribution < 1.29 is 0 Å². The van der Waals surface area contributed by atoms with Crippen LogP contribution in [-0.2, 0) is 6.54 Å². The largest absolute Gasteiger partial charge is 0.310 e. The van der Waals surface area contributed by atoms with E-state index < -0.39 is 0 Å². The molecule has 0 amide bonds. The number of rotatable bonds is 5. The first-order valence-electron chi connectivity index (χ1n) is 5.78. The molecule has 2 rings (SSSR count). The lowest BCUT2D eigenvalue weighted by Crippen LogP contribution is -2.18. The molecule has 1 aromatic rings. The van der Waals surface area contributed by atoms with E-state index in [1.54, 1.807) is 11.3 Å². The van der Waals surface area contributed by atoms with Crippen LogP contribution in [0.5, 0.6) is 0 Å². The number of aromatic nitrogens is 2. The Hall–Kier alpha value is -0.480. The van der Waals surface area contributed by atoms with Gasteiger partial charge >= 0.3 is 0 Å². The molecule has 15 heavy (non-hydrogen) atoms. The monoisotopic (exact) mass is 225 g/mol. The molecule has 0 bridgehead atoms. The van der Waals surface area contributed by atoms with E-state index in [1.165, 1.54) is 24.3 Å². The summed E-state index contributed by atoms with van der Waals surface area (Å²) in [4.78, 5) is 0. The van der Waals surface area contributed by atoms with Crippen molar-refractivity contribution in [3.05, 3.63) is 10.0 Å². The molecule has 0 radical (unpaired) electrons. The van der Waals surface area contributed by atoms with Crippen LogP contribution in [0.3, 0.4) is 0 Å². The van der Waals surface area contributed by atoms with Crippen molar-refractivity contribution in [3.8, 4) is 0 Å². The van der Waals surface area contributed by atoms with E-state index in [9.17, 15) is 0 Å². The van der Waals surface area contributed by atoms with Crippen LogP contribution in [0.25, 0.3) is 0 Å². The summed E-state index contributed by atoms with van der Waals surface area (Å²) < 4.78 is 0. The van der Waals surface area contributed by atoms with Gasteiger partial charge in [-0.1, -0.05) is 31.6 Å². The maximum absolute atomic E-state index is 4.26. The van der Waals surface area contributed by atoms with Gasteiger partial charge in [0.2, 0.25) is 0 Å². The van der Waals surface area contributed by atoms with Crippen molar-refractivity contribution in [2.45, 2.75) is 45.6 Å². The molecule has 4 heteroatoms. The van der Waals surface area contributed by atoms with Crippen molar-refractivity contribution in [1.82, 2.24) is 15.5 Å². The minimum atomic E-state index is 0.698. The fourth-order valence-corrected chi connectivity index (χ4v) is 2.61. The first-order chi connectivity index (χ1) is 7.25. The Balaban J connectivity index is 1.79. The van der Waals surface area contributed by atoms with Crippen molar-refractivity contribution in [2.24, 2.45) is 5.92 Å². The molecule has 0 aliphatic heterocycles. The van der Waals surface area contributed by atoms with E-state index in [4.69, 9.17) is 0 Å². The Bertz CT molecular complexity index is 305. The normalized spacial score (nSPS) is 17.0. The van der Waals surface area contributed by atoms with Crippen LogP contribution in [0, 0.1) is 5.92 Å². The summed E-state index contributed by atoms with van der Waals surface area (Å²) in [7, 11) is 0. The van der Waals surface area contributed by atoms with Crippen LogP contribution in [0.4, 0.5) is 0 Å². The fourth-order valence-electron chi connectivity index (χ4n) is 1.63. The molecule has 1 aliphatic carbocycles. The van der Waals surface area contributed by atoms with Crippen molar-refractivity contribution in [2.75, 3.05) is 6.54 Å². The Morgan fingerprint density at radius 2 is 2.20 bits per heavy atom. The molecular weight excluding hydrogens is 206 g/mol. The van der Waals surface area contributed by atoms with Gasteiger partial charge in [-0.05, 0) is 25.3 Å². The van der Waals surface area contributed by atoms with Gasteiger partial charge in [0.1, 0.15) is 10.0 Å². The third-order valence-electron chi connectivity index (χ3n) is 2.77. The molecule has 1 aromatic heterocycles. The smallest absolute Gasteiger partial charge is 0.131 e. The van der Waals surface area contributed by atoms with Gasteiger partial charge in [-0.25, -0.2) is 0 Å². The molecule has 0 unspecified atom stereocenters. The molecule has 0 saturated heterocycles. The van der Waals surface area contributed by atoms with Gasteiger partial charge in [0.15, 0.2) is 0 Å². The highest BCUT2D eigenvalue weighted by atomic mass is 32.1. The molecule has 0 aromatic carbocycles. The quantitative estimate of drug-likeness (QED) is 0.837. The molecule has 1 heterocycles. The lowest BCUT2D eigenvalue weighted by atomic mass is 9.86. The van der Waals surface area contributed by atoms with Crippen LogP contribution < -0.4 is 5.32 Å².